The molecule has 0 saturated heterocycles. The van der Waals surface area contributed by atoms with Gasteiger partial charge in [-0.05, 0) is 60.4 Å². The average molecular weight is 524 g/mol. The fourth-order valence-corrected chi connectivity index (χ4v) is 11.6. The van der Waals surface area contributed by atoms with E-state index >= 15 is 0 Å². The molecule has 3 aliphatic rings. The molecule has 5 aromatic rings. The molecule has 0 spiro atoms. The summed E-state index contributed by atoms with van der Waals surface area (Å²) in [4.78, 5) is 0. The van der Waals surface area contributed by atoms with Gasteiger partial charge in [0.1, 0.15) is 19.6 Å². The predicted octanol–water partition coefficient (Wildman–Crippen LogP) is 5.44. The van der Waals surface area contributed by atoms with Gasteiger partial charge in [-0.25, -0.2) is 0 Å². The first-order valence-corrected chi connectivity index (χ1v) is 17.6. The summed E-state index contributed by atoms with van der Waals surface area (Å²) in [5.41, 5.74) is 9.83. The minimum atomic E-state index is -1.82. The van der Waals surface area contributed by atoms with E-state index in [2.05, 4.69) is 103 Å². The number of rotatable bonds is 2. The van der Waals surface area contributed by atoms with Gasteiger partial charge in [-0.3, -0.25) is 0 Å². The highest BCUT2D eigenvalue weighted by molar-refractivity contribution is 7.14. The van der Waals surface area contributed by atoms with Gasteiger partial charge in [-0.1, -0.05) is 109 Å². The topological polar surface area (TPSA) is 14.2 Å². The molecule has 192 valence electrons. The van der Waals surface area contributed by atoms with Gasteiger partial charge >= 0.3 is 0 Å². The van der Waals surface area contributed by atoms with Crippen molar-refractivity contribution < 1.29 is 4.74 Å². The van der Waals surface area contributed by atoms with Crippen LogP contribution >= 0.6 is 0 Å². The molecule has 1 aliphatic carbocycles. The number of fused-ring (bicyclic) bond motifs is 7. The molecule has 0 saturated carbocycles. The molecule has 0 amide bonds. The van der Waals surface area contributed by atoms with Gasteiger partial charge in [-0.15, -0.1) is 0 Å². The van der Waals surface area contributed by atoms with Gasteiger partial charge in [0.25, 0.3) is 6.71 Å². The van der Waals surface area contributed by atoms with Crippen LogP contribution in [0.1, 0.15) is 43.9 Å². The Morgan fingerprint density at radius 3 is 2.46 bits per heavy atom. The third-order valence-corrected chi connectivity index (χ3v) is 14.7. The zero-order valence-corrected chi connectivity index (χ0v) is 24.0. The van der Waals surface area contributed by atoms with E-state index in [9.17, 15) is 0 Å². The van der Waals surface area contributed by atoms with Crippen LogP contribution in [0.2, 0.25) is 12.6 Å². The minimum Gasteiger partial charge on any atom is -0.458 e. The normalized spacial score (nSPS) is 19.3. The third-order valence-electron chi connectivity index (χ3n) is 9.99. The van der Waals surface area contributed by atoms with Crippen LogP contribution in [0, 0.1) is 0 Å². The number of ether oxygens (including phenoxy) is 1. The van der Waals surface area contributed by atoms with E-state index in [0.29, 0.717) is 0 Å². The van der Waals surface area contributed by atoms with Crippen LogP contribution in [0.5, 0.6) is 11.5 Å². The van der Waals surface area contributed by atoms with Crippen LogP contribution in [-0.4, -0.2) is 19.4 Å². The van der Waals surface area contributed by atoms with Gasteiger partial charge in [0, 0.05) is 22.8 Å². The molecule has 2 aliphatic heterocycles. The monoisotopic (exact) mass is 523 g/mol. The second kappa shape index (κ2) is 8.76. The van der Waals surface area contributed by atoms with Crippen LogP contribution in [0.4, 0.5) is 0 Å². The van der Waals surface area contributed by atoms with Gasteiger partial charge in [0.15, 0.2) is 0 Å². The number of hydrogen-bond acceptors (Lipinski definition) is 1. The number of nitrogens with zero attached hydrogens (tertiary/aromatic N) is 1. The summed E-state index contributed by atoms with van der Waals surface area (Å²) < 4.78 is 9.37. The maximum absolute atomic E-state index is 6.83. The van der Waals surface area contributed by atoms with Crippen molar-refractivity contribution in [3.63, 3.8) is 0 Å². The molecule has 0 bridgehead atoms. The molecule has 39 heavy (non-hydrogen) atoms. The number of aryl methyl sites for hydroxylation is 1. The highest BCUT2D eigenvalue weighted by Gasteiger charge is 2.46. The number of aromatic nitrogens is 1. The Kier molecular flexibility index (Phi) is 5.25. The largest absolute Gasteiger partial charge is 0.458 e. The summed E-state index contributed by atoms with van der Waals surface area (Å²) in [6.07, 6.45) is 7.54. The van der Waals surface area contributed by atoms with E-state index in [1.54, 1.807) is 15.9 Å². The molecule has 0 radical (unpaired) electrons. The Morgan fingerprint density at radius 1 is 0.769 bits per heavy atom. The quantitative estimate of drug-likeness (QED) is 0.276. The van der Waals surface area contributed by atoms with Gasteiger partial charge in [-0.2, -0.15) is 0 Å². The van der Waals surface area contributed by atoms with E-state index in [0.717, 1.165) is 17.9 Å². The van der Waals surface area contributed by atoms with Crippen molar-refractivity contribution in [2.24, 2.45) is 0 Å². The smallest absolute Gasteiger partial charge is 0.250 e. The van der Waals surface area contributed by atoms with E-state index < -0.39 is 8.07 Å². The van der Waals surface area contributed by atoms with E-state index in [4.69, 9.17) is 4.74 Å². The highest BCUT2D eigenvalue weighted by atomic mass is 28.3. The zero-order valence-electron chi connectivity index (χ0n) is 23.0. The maximum Gasteiger partial charge on any atom is 0.250 e. The Balaban J connectivity index is 1.34. The summed E-state index contributed by atoms with van der Waals surface area (Å²) in [5, 5.41) is 4.57. The third kappa shape index (κ3) is 3.27. The lowest BCUT2D eigenvalue weighted by Gasteiger charge is -2.41. The Hall–Kier alpha value is -3.50. The minimum absolute atomic E-state index is 0.236. The Labute approximate surface area is 232 Å². The first-order valence-electron chi connectivity index (χ1n) is 14.8. The summed E-state index contributed by atoms with van der Waals surface area (Å²) in [5.74, 6) is 2.06. The van der Waals surface area contributed by atoms with Crippen LogP contribution in [0.25, 0.3) is 16.6 Å². The highest BCUT2D eigenvalue weighted by Crippen LogP contribution is 2.35. The first kappa shape index (κ1) is 23.4. The van der Waals surface area contributed by atoms with Gasteiger partial charge in [0.2, 0.25) is 0 Å². The SMILES string of the molecule is CC[Si]1(C)c2ccccc2B2c3ccc(-n4c5c(c6ccccc64)CCCCCC5)cc3Oc3cccc1c32. The molecule has 3 heterocycles. The summed E-state index contributed by atoms with van der Waals surface area (Å²) in [6, 6.07) is 33.3. The van der Waals surface area contributed by atoms with Crippen molar-refractivity contribution >= 4 is 52.5 Å². The Bertz CT molecular complexity index is 1770. The zero-order chi connectivity index (χ0) is 26.1. The molecule has 2 nitrogen and oxygen atoms in total. The van der Waals surface area contributed by atoms with Gasteiger partial charge in [0.05, 0.1) is 5.52 Å². The lowest BCUT2D eigenvalue weighted by molar-refractivity contribution is 0.487. The lowest BCUT2D eigenvalue weighted by Crippen LogP contribution is -2.78. The van der Waals surface area contributed by atoms with E-state index in [1.165, 1.54) is 76.8 Å². The molecule has 1 unspecified atom stereocenters. The molecule has 4 aromatic carbocycles. The number of hydrogen-bond donors (Lipinski definition) is 0. The number of para-hydroxylation sites is 1. The molecule has 8 rings (SSSR count). The average Bonchev–Trinajstić information content (AvgIpc) is 3.26. The second-order valence-corrected chi connectivity index (χ2v) is 16.4. The van der Waals surface area contributed by atoms with Crippen molar-refractivity contribution in [2.75, 3.05) is 0 Å². The molecule has 0 N–H and O–H groups in total. The van der Waals surface area contributed by atoms with Crippen molar-refractivity contribution in [3.05, 3.63) is 96.2 Å². The fraction of sp³-hybridized carbons (Fsp3) is 0.257. The standard InChI is InChI=1S/C35H34BNOSi/c1-3-39(2)33-19-11-9-15-28(33)36-27-22-21-24(23-32(27)38-31-18-12-20-34(39)35(31)36)37-29-16-7-5-4-6-13-25(29)26-14-8-10-17-30(26)37/h8-12,14-15,17-23H,3-7,13,16H2,1-2H3. The first-order chi connectivity index (χ1) is 19.2. The molecular formula is C35H34BNOSi. The van der Waals surface area contributed by atoms with Crippen molar-refractivity contribution in [1.82, 2.24) is 4.57 Å². The van der Waals surface area contributed by atoms with Gasteiger partial charge < -0.3 is 9.30 Å². The molecule has 1 aromatic heterocycles. The fourth-order valence-electron chi connectivity index (χ4n) is 7.92. The molecule has 4 heteroatoms. The van der Waals surface area contributed by atoms with E-state index in [-0.39, 0.29) is 6.71 Å². The second-order valence-electron chi connectivity index (χ2n) is 11.9. The van der Waals surface area contributed by atoms with Crippen molar-refractivity contribution in [1.29, 1.82) is 0 Å². The van der Waals surface area contributed by atoms with Crippen molar-refractivity contribution in [2.45, 2.75) is 58.0 Å². The van der Waals surface area contributed by atoms with Crippen LogP contribution in [-0.2, 0) is 12.8 Å². The van der Waals surface area contributed by atoms with Crippen LogP contribution in [0.15, 0.2) is 84.9 Å². The van der Waals surface area contributed by atoms with E-state index in [1.807, 2.05) is 0 Å². The molecule has 1 atom stereocenters. The summed E-state index contributed by atoms with van der Waals surface area (Å²) in [6.45, 7) is 5.15. The molecular weight excluding hydrogens is 489 g/mol. The summed E-state index contributed by atoms with van der Waals surface area (Å²) in [7, 11) is -1.82. The lowest BCUT2D eigenvalue weighted by atomic mass is 9.35. The molecule has 0 fully saturated rings. The van der Waals surface area contributed by atoms with Crippen molar-refractivity contribution in [3.8, 4) is 17.2 Å². The predicted molar refractivity (Wildman–Crippen MR) is 168 cm³/mol. The van der Waals surface area contributed by atoms with Crippen LogP contribution in [0.3, 0.4) is 0 Å². The Morgan fingerprint density at radius 2 is 1.56 bits per heavy atom. The van der Waals surface area contributed by atoms with Crippen LogP contribution < -0.4 is 31.5 Å². The summed E-state index contributed by atoms with van der Waals surface area (Å²) >= 11 is 0. The number of benzene rings is 4. The maximum atomic E-state index is 6.83.